The highest BCUT2D eigenvalue weighted by atomic mass is 16.5. The topological polar surface area (TPSA) is 85.1 Å². The summed E-state index contributed by atoms with van der Waals surface area (Å²) in [5.74, 6) is 1.99. The first-order valence-corrected chi connectivity index (χ1v) is 9.60. The van der Waals surface area contributed by atoms with Crippen LogP contribution < -0.4 is 9.47 Å². The van der Waals surface area contributed by atoms with E-state index in [0.717, 1.165) is 12.0 Å². The number of ether oxygens (including phenoxy) is 2. The van der Waals surface area contributed by atoms with Gasteiger partial charge in [-0.05, 0) is 24.5 Å². The lowest BCUT2D eigenvalue weighted by molar-refractivity contribution is -0.130. The van der Waals surface area contributed by atoms with Gasteiger partial charge in [-0.3, -0.25) is 9.59 Å². The van der Waals surface area contributed by atoms with Crippen LogP contribution in [0.5, 0.6) is 11.5 Å². The van der Waals surface area contributed by atoms with Crippen molar-refractivity contribution in [3.8, 4) is 11.5 Å². The average Bonchev–Trinajstić information content (AvgIpc) is 3.42. The van der Waals surface area contributed by atoms with Crippen molar-refractivity contribution in [3.05, 3.63) is 41.6 Å². The maximum atomic E-state index is 13.1. The molecule has 3 unspecified atom stereocenters. The molecule has 1 saturated carbocycles. The molecule has 8 nitrogen and oxygen atoms in total. The van der Waals surface area contributed by atoms with Crippen molar-refractivity contribution in [1.29, 1.82) is 0 Å². The molecule has 3 fully saturated rings. The number of aromatic nitrogens is 1. The second kappa shape index (κ2) is 7.42. The maximum absolute atomic E-state index is 13.1. The Morgan fingerprint density at radius 2 is 1.93 bits per heavy atom. The zero-order chi connectivity index (χ0) is 20.7. The van der Waals surface area contributed by atoms with Crippen LogP contribution >= 0.6 is 0 Å². The normalized spacial score (nSPS) is 22.2. The Hall–Kier alpha value is -3.03. The van der Waals surface area contributed by atoms with E-state index in [1.54, 1.807) is 28.3 Å². The summed E-state index contributed by atoms with van der Waals surface area (Å²) in [6, 6.07) is 5.51. The van der Waals surface area contributed by atoms with E-state index >= 15 is 0 Å². The standard InChI is InChI=1S/C21H25N3O5/c1-23(2)21(26)19-20(29-11-22-19)18-12-8-14(18)24(10-12)17(25)9-13-15(27-3)6-5-7-16(13)28-4/h5-7,11-12,14,18H,8-10H2,1-4H3. The first-order chi connectivity index (χ1) is 14.0. The van der Waals surface area contributed by atoms with Gasteiger partial charge in [0.25, 0.3) is 5.91 Å². The smallest absolute Gasteiger partial charge is 0.275 e. The lowest BCUT2D eigenvalue weighted by atomic mass is 9.72. The molecule has 1 aromatic heterocycles. The van der Waals surface area contributed by atoms with E-state index in [9.17, 15) is 9.59 Å². The number of carbonyl (C=O) groups is 2. The zero-order valence-corrected chi connectivity index (χ0v) is 17.0. The summed E-state index contributed by atoms with van der Waals surface area (Å²) in [5.41, 5.74) is 1.08. The highest BCUT2D eigenvalue weighted by Crippen LogP contribution is 2.53. The van der Waals surface area contributed by atoms with Gasteiger partial charge in [-0.15, -0.1) is 0 Å². The summed E-state index contributed by atoms with van der Waals surface area (Å²) < 4.78 is 16.4. The van der Waals surface area contributed by atoms with E-state index in [2.05, 4.69) is 4.98 Å². The summed E-state index contributed by atoms with van der Waals surface area (Å²) in [6.07, 6.45) is 2.43. The summed E-state index contributed by atoms with van der Waals surface area (Å²) in [7, 11) is 6.54. The molecular weight excluding hydrogens is 374 g/mol. The van der Waals surface area contributed by atoms with Crippen LogP contribution in [-0.2, 0) is 11.2 Å². The van der Waals surface area contributed by atoms with Crippen LogP contribution in [0.4, 0.5) is 0 Å². The number of rotatable bonds is 6. The van der Waals surface area contributed by atoms with Gasteiger partial charge in [0.15, 0.2) is 12.1 Å². The Labute approximate surface area is 169 Å². The Kier molecular flexibility index (Phi) is 4.94. The Morgan fingerprint density at radius 1 is 1.24 bits per heavy atom. The molecule has 0 spiro atoms. The number of hydrogen-bond acceptors (Lipinski definition) is 6. The van der Waals surface area contributed by atoms with E-state index < -0.39 is 0 Å². The van der Waals surface area contributed by atoms with Crippen LogP contribution in [-0.4, -0.2) is 67.5 Å². The SMILES string of the molecule is COc1cccc(OC)c1CC(=O)N1CC2CC1C2c1ocnc1C(=O)N(C)C. The van der Waals surface area contributed by atoms with Gasteiger partial charge in [0.1, 0.15) is 17.3 Å². The molecule has 154 valence electrons. The fourth-order valence-corrected chi connectivity index (χ4v) is 4.51. The predicted molar refractivity (Wildman–Crippen MR) is 104 cm³/mol. The Bertz CT molecular complexity index is 916. The number of amides is 2. The summed E-state index contributed by atoms with van der Waals surface area (Å²) in [4.78, 5) is 33.0. The summed E-state index contributed by atoms with van der Waals surface area (Å²) >= 11 is 0. The molecular formula is C21H25N3O5. The van der Waals surface area contributed by atoms with E-state index in [0.29, 0.717) is 29.5 Å². The second-order valence-corrected chi connectivity index (χ2v) is 7.72. The number of oxazole rings is 1. The number of benzene rings is 1. The van der Waals surface area contributed by atoms with Crippen molar-refractivity contribution in [2.75, 3.05) is 34.9 Å². The molecule has 2 bridgehead atoms. The van der Waals surface area contributed by atoms with Crippen LogP contribution in [0, 0.1) is 5.92 Å². The van der Waals surface area contributed by atoms with Gasteiger partial charge in [0, 0.05) is 38.2 Å². The van der Waals surface area contributed by atoms with Crippen molar-refractivity contribution in [1.82, 2.24) is 14.8 Å². The number of nitrogens with zero attached hydrogens (tertiary/aromatic N) is 3. The van der Waals surface area contributed by atoms with Crippen LogP contribution in [0.15, 0.2) is 29.0 Å². The van der Waals surface area contributed by atoms with Crippen LogP contribution in [0.2, 0.25) is 0 Å². The quantitative estimate of drug-likeness (QED) is 0.738. The highest BCUT2D eigenvalue weighted by molar-refractivity contribution is 5.93. The molecule has 5 rings (SSSR count). The van der Waals surface area contributed by atoms with Gasteiger partial charge >= 0.3 is 0 Å². The lowest BCUT2D eigenvalue weighted by Crippen LogP contribution is -2.41. The van der Waals surface area contributed by atoms with Gasteiger partial charge in [0.2, 0.25) is 5.91 Å². The minimum atomic E-state index is -0.184. The van der Waals surface area contributed by atoms with Gasteiger partial charge < -0.3 is 23.7 Å². The first kappa shape index (κ1) is 19.3. The first-order valence-electron chi connectivity index (χ1n) is 9.60. The lowest BCUT2D eigenvalue weighted by Gasteiger charge is -2.35. The minimum Gasteiger partial charge on any atom is -0.496 e. The van der Waals surface area contributed by atoms with Crippen molar-refractivity contribution in [2.24, 2.45) is 5.92 Å². The van der Waals surface area contributed by atoms with Gasteiger partial charge in [-0.25, -0.2) is 4.98 Å². The number of methoxy groups -OCH3 is 2. The fourth-order valence-electron chi connectivity index (χ4n) is 4.51. The molecule has 3 heterocycles. The molecule has 2 aliphatic heterocycles. The van der Waals surface area contributed by atoms with E-state index in [4.69, 9.17) is 13.9 Å². The van der Waals surface area contributed by atoms with Gasteiger partial charge in [-0.2, -0.15) is 0 Å². The van der Waals surface area contributed by atoms with Crippen LogP contribution in [0.25, 0.3) is 0 Å². The summed E-state index contributed by atoms with van der Waals surface area (Å²) in [6.45, 7) is 0.655. The average molecular weight is 399 g/mol. The largest absolute Gasteiger partial charge is 0.496 e. The molecule has 2 saturated heterocycles. The van der Waals surface area contributed by atoms with Crippen molar-refractivity contribution in [3.63, 3.8) is 0 Å². The minimum absolute atomic E-state index is 0.0138. The molecule has 2 amide bonds. The number of fused-ring (bicyclic) bond motifs is 1. The molecule has 1 aliphatic carbocycles. The monoisotopic (exact) mass is 399 g/mol. The number of hydrogen-bond donors (Lipinski definition) is 0. The molecule has 8 heteroatoms. The zero-order valence-electron chi connectivity index (χ0n) is 17.0. The van der Waals surface area contributed by atoms with Crippen LogP contribution in [0.1, 0.15) is 34.2 Å². The van der Waals surface area contributed by atoms with E-state index in [1.165, 1.54) is 11.3 Å². The predicted octanol–water partition coefficient (Wildman–Crippen LogP) is 1.95. The van der Waals surface area contributed by atoms with Crippen molar-refractivity contribution in [2.45, 2.75) is 24.8 Å². The van der Waals surface area contributed by atoms with Gasteiger partial charge in [0.05, 0.1) is 20.6 Å². The van der Waals surface area contributed by atoms with E-state index in [1.807, 2.05) is 23.1 Å². The molecule has 0 N–H and O–H groups in total. The Morgan fingerprint density at radius 3 is 2.55 bits per heavy atom. The van der Waals surface area contributed by atoms with E-state index in [-0.39, 0.29) is 36.1 Å². The molecule has 3 aliphatic rings. The fraction of sp³-hybridized carbons (Fsp3) is 0.476. The molecule has 0 radical (unpaired) electrons. The van der Waals surface area contributed by atoms with Crippen LogP contribution in [0.3, 0.4) is 0 Å². The summed E-state index contributed by atoms with van der Waals surface area (Å²) in [5, 5.41) is 0. The second-order valence-electron chi connectivity index (χ2n) is 7.72. The Balaban J connectivity index is 1.53. The van der Waals surface area contributed by atoms with Crippen molar-refractivity contribution >= 4 is 11.8 Å². The van der Waals surface area contributed by atoms with Gasteiger partial charge in [-0.1, -0.05) is 6.07 Å². The van der Waals surface area contributed by atoms with Crippen molar-refractivity contribution < 1.29 is 23.5 Å². The molecule has 3 atom stereocenters. The molecule has 29 heavy (non-hydrogen) atoms. The third-order valence-corrected chi connectivity index (χ3v) is 5.98. The highest BCUT2D eigenvalue weighted by Gasteiger charge is 2.56. The number of carbonyl (C=O) groups excluding carboxylic acids is 2. The molecule has 1 aromatic carbocycles. The third kappa shape index (κ3) is 3.12. The molecule has 2 aromatic rings. The maximum Gasteiger partial charge on any atom is 0.275 e. The third-order valence-electron chi connectivity index (χ3n) is 5.98.